The maximum atomic E-state index is 3.40. The second kappa shape index (κ2) is 3.38. The van der Waals surface area contributed by atoms with Gasteiger partial charge in [0.05, 0.1) is 0 Å². The summed E-state index contributed by atoms with van der Waals surface area (Å²) in [5.41, 5.74) is 0. The molecule has 0 radical (unpaired) electrons. The molecule has 0 nitrogen and oxygen atoms in total. The second-order valence-electron chi connectivity index (χ2n) is 0.323. The third-order valence-electron chi connectivity index (χ3n) is 0.134. The summed E-state index contributed by atoms with van der Waals surface area (Å²) in [5, 5.41) is 0. The largest absolute Gasteiger partial charge is 0.0950 e. The predicted octanol–water partition coefficient (Wildman–Crippen LogP) is 1.17. The average Bonchev–Trinajstić information content (AvgIpc) is 1.37. The zero-order valence-corrected chi connectivity index (χ0v) is 4.74. The van der Waals surface area contributed by atoms with Crippen LogP contribution >= 0.6 is 20.7 Å². The first kappa shape index (κ1) is 4.38. The van der Waals surface area contributed by atoms with Gasteiger partial charge in [-0.05, 0) is 4.93 Å². The fraction of sp³-hybridized carbons (Fsp3) is 0.333. The Labute approximate surface area is 36.3 Å². The van der Waals surface area contributed by atoms with Crippen molar-refractivity contribution in [2.24, 2.45) is 0 Å². The Hall–Kier alpha value is 0.380. The van der Waals surface area contributed by atoms with E-state index in [4.69, 9.17) is 0 Å². The number of alkyl halides is 1. The molecule has 0 rings (SSSR count). The van der Waals surface area contributed by atoms with Crippen molar-refractivity contribution in [3.8, 4) is 0 Å². The fourth-order valence-electron chi connectivity index (χ4n) is 0. The molecular formula is C3H5I. The van der Waals surface area contributed by atoms with Crippen molar-refractivity contribution in [1.29, 1.82) is 0 Å². The molecule has 0 spiro atoms. The highest BCUT2D eigenvalue weighted by molar-refractivity contribution is 14.2. The van der Waals surface area contributed by atoms with Crippen LogP contribution in [0.3, 0.4) is 0 Å². The first-order chi connectivity index (χ1) is 1.91. The van der Waals surface area contributed by atoms with Crippen LogP contribution in [0.2, 0.25) is 0 Å². The van der Waals surface area contributed by atoms with E-state index in [1.807, 2.05) is 0 Å². The molecule has 0 aliphatic carbocycles. The molecule has 0 aliphatic heterocycles. The van der Waals surface area contributed by atoms with Crippen LogP contribution < -0.4 is 0 Å². The van der Waals surface area contributed by atoms with Crippen molar-refractivity contribution in [3.05, 3.63) is 6.58 Å². The van der Waals surface area contributed by atoms with Crippen molar-refractivity contribution in [2.75, 3.05) is 4.93 Å². The Morgan fingerprint density at radius 1 is 2.00 bits per heavy atom. The molecule has 0 N–H and O–H groups in total. The van der Waals surface area contributed by atoms with Crippen molar-refractivity contribution in [2.45, 2.75) is 0 Å². The lowest BCUT2D eigenvalue weighted by Gasteiger charge is -1.37. The van der Waals surface area contributed by atoms with E-state index < -0.39 is 0 Å². The van der Waals surface area contributed by atoms with Crippen molar-refractivity contribution in [1.82, 2.24) is 0 Å². The van der Waals surface area contributed by atoms with Gasteiger partial charge in [-0.25, -0.2) is 0 Å². The van der Waals surface area contributed by atoms with Gasteiger partial charge >= 0.3 is 0 Å². The number of hydrogen-bond acceptors (Lipinski definition) is 0. The highest BCUT2D eigenvalue weighted by Crippen LogP contribution is 1.71. The Kier molecular flexibility index (Phi) is 3.70. The zero-order chi connectivity index (χ0) is 3.41. The van der Waals surface area contributed by atoms with Crippen LogP contribution in [0.4, 0.5) is 0 Å². The maximum Gasteiger partial charge on any atom is -0.00987 e. The lowest BCUT2D eigenvalue weighted by atomic mass is 11.3. The standard InChI is InChI=1S/C3H5I/c1-3-4-2/h1H2,2H3. The van der Waals surface area contributed by atoms with Crippen molar-refractivity contribution in [3.63, 3.8) is 0 Å². The van der Waals surface area contributed by atoms with Gasteiger partial charge in [0, 0.05) is 0 Å². The molecule has 0 saturated heterocycles. The molecule has 0 bridgehead atoms. The van der Waals surface area contributed by atoms with Crippen molar-refractivity contribution >= 4 is 24.4 Å². The molecule has 0 aromatic heterocycles. The molecule has 0 atom stereocenters. The van der Waals surface area contributed by atoms with Crippen LogP contribution in [0.5, 0.6) is 0 Å². The smallest absolute Gasteiger partial charge is 0.00987 e. The highest BCUT2D eigenvalue weighted by Gasteiger charge is 1.25. The van der Waals surface area contributed by atoms with E-state index in [1.165, 1.54) is 0 Å². The second-order valence-corrected chi connectivity index (χ2v) is 2.16. The minimum atomic E-state index is 0.249. The topological polar surface area (TPSA) is 0 Å². The van der Waals surface area contributed by atoms with E-state index in [2.05, 4.69) is 15.2 Å². The minimum absolute atomic E-state index is 0.249. The number of hydrogen-bond donors (Lipinski definition) is 0. The van der Waals surface area contributed by atoms with E-state index >= 15 is 0 Å². The van der Waals surface area contributed by atoms with Crippen LogP contribution in [0.1, 0.15) is 0 Å². The van der Waals surface area contributed by atoms with Gasteiger partial charge in [0.15, 0.2) is 0 Å². The van der Waals surface area contributed by atoms with Crippen LogP contribution in [0, 0.1) is 0 Å². The van der Waals surface area contributed by atoms with Gasteiger partial charge < -0.3 is 0 Å². The Morgan fingerprint density at radius 3 is 2.25 bits per heavy atom. The summed E-state index contributed by atoms with van der Waals surface area (Å²) in [5.74, 6) is 0. The predicted molar refractivity (Wildman–Crippen MR) is 30.6 cm³/mol. The van der Waals surface area contributed by atoms with Crippen LogP contribution in [-0.2, 0) is 0 Å². The summed E-state index contributed by atoms with van der Waals surface area (Å²) in [4.78, 5) is 2.12. The molecular weight excluding hydrogens is 163 g/mol. The molecule has 0 aliphatic rings. The SMILES string of the molecule is C=C=IC. The van der Waals surface area contributed by atoms with E-state index in [-0.39, 0.29) is 20.7 Å². The van der Waals surface area contributed by atoms with E-state index in [0.717, 1.165) is 0 Å². The van der Waals surface area contributed by atoms with Crippen LogP contribution in [0.15, 0.2) is 6.58 Å². The lowest BCUT2D eigenvalue weighted by Crippen LogP contribution is -1.16. The van der Waals surface area contributed by atoms with Gasteiger partial charge in [0.25, 0.3) is 0 Å². The summed E-state index contributed by atoms with van der Waals surface area (Å²) < 4.78 is 2.79. The minimum Gasteiger partial charge on any atom is -0.0950 e. The zero-order valence-electron chi connectivity index (χ0n) is 2.59. The van der Waals surface area contributed by atoms with Crippen molar-refractivity contribution < 1.29 is 0 Å². The molecule has 0 amide bonds. The third kappa shape index (κ3) is 2.38. The summed E-state index contributed by atoms with van der Waals surface area (Å²) in [7, 11) is 0. The summed E-state index contributed by atoms with van der Waals surface area (Å²) >= 11 is 0.249. The Balaban J connectivity index is 3.11. The molecule has 24 valence electrons. The van der Waals surface area contributed by atoms with E-state index in [0.29, 0.717) is 0 Å². The summed E-state index contributed by atoms with van der Waals surface area (Å²) in [6, 6.07) is 0. The van der Waals surface area contributed by atoms with Gasteiger partial charge in [-0.3, -0.25) is 0 Å². The quantitative estimate of drug-likeness (QED) is 0.376. The van der Waals surface area contributed by atoms with E-state index in [9.17, 15) is 0 Å². The first-order valence-corrected chi connectivity index (χ1v) is 4.16. The number of rotatable bonds is 0. The van der Waals surface area contributed by atoms with Gasteiger partial charge in [0.2, 0.25) is 0 Å². The summed E-state index contributed by atoms with van der Waals surface area (Å²) in [6.45, 7) is 3.40. The fourth-order valence-corrected chi connectivity index (χ4v) is 0. The molecule has 0 aromatic carbocycles. The molecule has 0 aromatic rings. The first-order valence-electron chi connectivity index (χ1n) is 0.921. The lowest BCUT2D eigenvalue weighted by molar-refractivity contribution is 2.66. The molecule has 0 saturated carbocycles. The summed E-state index contributed by atoms with van der Waals surface area (Å²) in [6.07, 6.45) is 0. The Morgan fingerprint density at radius 2 is 2.25 bits per heavy atom. The van der Waals surface area contributed by atoms with E-state index in [1.54, 1.807) is 0 Å². The van der Waals surface area contributed by atoms with Gasteiger partial charge in [-0.2, -0.15) is 0 Å². The molecule has 0 unspecified atom stereocenters. The molecule has 0 heterocycles. The van der Waals surface area contributed by atoms with Crippen LogP contribution in [0.25, 0.3) is 0 Å². The maximum absolute atomic E-state index is 3.40. The van der Waals surface area contributed by atoms with Gasteiger partial charge in [-0.15, -0.1) is 0 Å². The molecule has 4 heavy (non-hydrogen) atoms. The average molecular weight is 168 g/mol. The van der Waals surface area contributed by atoms with Crippen LogP contribution in [-0.4, -0.2) is 8.60 Å². The van der Waals surface area contributed by atoms with Gasteiger partial charge in [0.1, 0.15) is 0 Å². The molecule has 1 heteroatoms. The molecule has 0 fully saturated rings. The number of halogens is 1. The normalized spacial score (nSPS) is 5.25. The monoisotopic (exact) mass is 168 g/mol. The highest BCUT2D eigenvalue weighted by atomic mass is 127. The Bertz CT molecular complexity index is 41.2. The third-order valence-corrected chi connectivity index (χ3v) is 0.896. The van der Waals surface area contributed by atoms with Gasteiger partial charge in [-0.1, -0.05) is 31.0 Å².